The van der Waals surface area contributed by atoms with Crippen LogP contribution in [-0.4, -0.2) is 68.4 Å². The monoisotopic (exact) mass is 387 g/mol. The molecule has 2 amide bonds. The van der Waals surface area contributed by atoms with E-state index in [0.29, 0.717) is 31.8 Å². The van der Waals surface area contributed by atoms with Crippen LogP contribution in [0.3, 0.4) is 0 Å². The zero-order chi connectivity index (χ0) is 20.4. The maximum absolute atomic E-state index is 12.4. The van der Waals surface area contributed by atoms with Gasteiger partial charge in [-0.1, -0.05) is 30.3 Å². The van der Waals surface area contributed by atoms with E-state index in [1.54, 1.807) is 19.0 Å². The lowest BCUT2D eigenvalue weighted by molar-refractivity contribution is -0.130. The number of guanidine groups is 1. The number of hydrogen-bond acceptors (Lipinski definition) is 3. The van der Waals surface area contributed by atoms with Gasteiger partial charge >= 0.3 is 0 Å². The van der Waals surface area contributed by atoms with Gasteiger partial charge in [0.25, 0.3) is 0 Å². The molecule has 1 heterocycles. The molecule has 0 saturated carbocycles. The molecule has 2 rings (SSSR count). The number of likely N-dealkylation sites (tertiary alicyclic amines) is 1. The molecular formula is C21H33N5O2. The molecule has 0 aromatic heterocycles. The molecule has 2 N–H and O–H groups in total. The van der Waals surface area contributed by atoms with Crippen LogP contribution < -0.4 is 10.6 Å². The molecule has 154 valence electrons. The number of nitrogens with one attached hydrogen (secondary N) is 2. The molecule has 1 aliphatic heterocycles. The summed E-state index contributed by atoms with van der Waals surface area (Å²) in [5, 5.41) is 6.00. The van der Waals surface area contributed by atoms with E-state index < -0.39 is 0 Å². The van der Waals surface area contributed by atoms with Gasteiger partial charge in [0.15, 0.2) is 5.96 Å². The number of rotatable bonds is 7. The second-order valence-electron chi connectivity index (χ2n) is 7.27. The zero-order valence-electron chi connectivity index (χ0n) is 17.3. The van der Waals surface area contributed by atoms with Crippen LogP contribution in [0.15, 0.2) is 35.3 Å². The van der Waals surface area contributed by atoms with Crippen LogP contribution in [0.5, 0.6) is 0 Å². The molecule has 1 fully saturated rings. The van der Waals surface area contributed by atoms with E-state index in [1.165, 1.54) is 0 Å². The second kappa shape index (κ2) is 11.3. The fourth-order valence-electron chi connectivity index (χ4n) is 3.46. The third-order valence-corrected chi connectivity index (χ3v) is 5.19. The van der Waals surface area contributed by atoms with Crippen LogP contribution in [-0.2, 0) is 16.1 Å². The number of hydrogen-bond donors (Lipinski definition) is 2. The van der Waals surface area contributed by atoms with Crippen LogP contribution in [0.25, 0.3) is 0 Å². The first-order valence-corrected chi connectivity index (χ1v) is 9.97. The largest absolute Gasteiger partial charge is 0.359 e. The Morgan fingerprint density at radius 3 is 2.50 bits per heavy atom. The molecule has 0 aliphatic carbocycles. The van der Waals surface area contributed by atoms with Gasteiger partial charge in [-0.05, 0) is 24.3 Å². The summed E-state index contributed by atoms with van der Waals surface area (Å²) in [7, 11) is 5.28. The van der Waals surface area contributed by atoms with Crippen LogP contribution in [0.4, 0.5) is 0 Å². The molecule has 1 aliphatic rings. The van der Waals surface area contributed by atoms with Gasteiger partial charge in [0.2, 0.25) is 11.8 Å². The Labute approximate surface area is 168 Å². The molecule has 0 unspecified atom stereocenters. The fourth-order valence-corrected chi connectivity index (χ4v) is 3.46. The molecule has 0 spiro atoms. The molecule has 1 aromatic rings. The number of carbonyl (C=O) groups is 2. The highest BCUT2D eigenvalue weighted by Crippen LogP contribution is 2.20. The van der Waals surface area contributed by atoms with Crippen molar-refractivity contribution in [2.24, 2.45) is 10.9 Å². The first kappa shape index (κ1) is 21.7. The van der Waals surface area contributed by atoms with Crippen LogP contribution in [0.1, 0.15) is 31.2 Å². The van der Waals surface area contributed by atoms with Gasteiger partial charge in [0.05, 0.1) is 0 Å². The average Bonchev–Trinajstić information content (AvgIpc) is 2.72. The van der Waals surface area contributed by atoms with Crippen molar-refractivity contribution in [3.63, 3.8) is 0 Å². The van der Waals surface area contributed by atoms with E-state index in [-0.39, 0.29) is 11.8 Å². The Balaban J connectivity index is 1.71. The Morgan fingerprint density at radius 2 is 1.89 bits per heavy atom. The van der Waals surface area contributed by atoms with Crippen molar-refractivity contribution < 1.29 is 9.59 Å². The highest BCUT2D eigenvalue weighted by molar-refractivity contribution is 5.81. The van der Waals surface area contributed by atoms with Gasteiger partial charge in [-0.2, -0.15) is 0 Å². The molecule has 7 nitrogen and oxygen atoms in total. The number of aliphatic imine (C=N–C) groups is 1. The van der Waals surface area contributed by atoms with Gasteiger partial charge in [-0.3, -0.25) is 14.6 Å². The predicted octanol–water partition coefficient (Wildman–Crippen LogP) is 1.46. The quantitative estimate of drug-likeness (QED) is 0.549. The lowest BCUT2D eigenvalue weighted by Gasteiger charge is -2.34. The van der Waals surface area contributed by atoms with E-state index in [2.05, 4.69) is 20.5 Å². The van der Waals surface area contributed by atoms with Gasteiger partial charge in [-0.25, -0.2) is 0 Å². The van der Waals surface area contributed by atoms with Gasteiger partial charge < -0.3 is 20.4 Å². The Kier molecular flexibility index (Phi) is 8.78. The summed E-state index contributed by atoms with van der Waals surface area (Å²) in [5.41, 5.74) is 1.13. The summed E-state index contributed by atoms with van der Waals surface area (Å²) in [6, 6.07) is 9.99. The molecule has 0 atom stereocenters. The second-order valence-corrected chi connectivity index (χ2v) is 7.27. The Hall–Kier alpha value is -2.57. The SMILES string of the molecule is CN=C(NCCC(=O)N(C)Cc1ccccc1)N1CCC(CC(=O)NC)CC1. The summed E-state index contributed by atoms with van der Waals surface area (Å²) >= 11 is 0. The Bertz CT molecular complexity index is 654. The first-order chi connectivity index (χ1) is 13.5. The predicted molar refractivity (Wildman–Crippen MR) is 112 cm³/mol. The lowest BCUT2D eigenvalue weighted by atomic mass is 9.93. The number of benzene rings is 1. The minimum absolute atomic E-state index is 0.107. The number of carbonyl (C=O) groups excluding carboxylic acids is 2. The van der Waals surface area contributed by atoms with E-state index in [4.69, 9.17) is 0 Å². The maximum Gasteiger partial charge on any atom is 0.224 e. The van der Waals surface area contributed by atoms with Crippen molar-refractivity contribution in [3.05, 3.63) is 35.9 Å². The lowest BCUT2D eigenvalue weighted by Crippen LogP contribution is -2.46. The minimum atomic E-state index is 0.107. The van der Waals surface area contributed by atoms with E-state index in [1.807, 2.05) is 37.4 Å². The van der Waals surface area contributed by atoms with Gasteiger partial charge in [-0.15, -0.1) is 0 Å². The number of nitrogens with zero attached hydrogens (tertiary/aromatic N) is 3. The highest BCUT2D eigenvalue weighted by atomic mass is 16.2. The molecule has 1 aromatic carbocycles. The van der Waals surface area contributed by atoms with Crippen LogP contribution >= 0.6 is 0 Å². The molecule has 0 radical (unpaired) electrons. The van der Waals surface area contributed by atoms with Crippen LogP contribution in [0.2, 0.25) is 0 Å². The number of amides is 2. The third kappa shape index (κ3) is 6.87. The van der Waals surface area contributed by atoms with Crippen molar-refractivity contribution in [1.29, 1.82) is 0 Å². The minimum Gasteiger partial charge on any atom is -0.359 e. The highest BCUT2D eigenvalue weighted by Gasteiger charge is 2.23. The van der Waals surface area contributed by atoms with Crippen molar-refractivity contribution >= 4 is 17.8 Å². The first-order valence-electron chi connectivity index (χ1n) is 9.97. The summed E-state index contributed by atoms with van der Waals surface area (Å²) in [6.07, 6.45) is 2.98. The van der Waals surface area contributed by atoms with Crippen molar-refractivity contribution in [2.45, 2.75) is 32.2 Å². The molecule has 1 saturated heterocycles. The summed E-state index contributed by atoms with van der Waals surface area (Å²) in [6.45, 7) is 2.93. The maximum atomic E-state index is 12.4. The molecule has 7 heteroatoms. The van der Waals surface area contributed by atoms with Crippen LogP contribution in [0, 0.1) is 5.92 Å². The molecular weight excluding hydrogens is 354 g/mol. The normalized spacial score (nSPS) is 15.2. The van der Waals surface area contributed by atoms with E-state index in [0.717, 1.165) is 37.5 Å². The van der Waals surface area contributed by atoms with Crippen molar-refractivity contribution in [3.8, 4) is 0 Å². The van der Waals surface area contributed by atoms with Gasteiger partial charge in [0.1, 0.15) is 0 Å². The Morgan fingerprint density at radius 1 is 1.21 bits per heavy atom. The topological polar surface area (TPSA) is 77.0 Å². The van der Waals surface area contributed by atoms with Gasteiger partial charge in [0, 0.05) is 60.2 Å². The molecule has 28 heavy (non-hydrogen) atoms. The average molecular weight is 388 g/mol. The fraction of sp³-hybridized carbons (Fsp3) is 0.571. The standard InChI is InChI=1S/C21H33N5O2/c1-22-19(27)15-17-10-13-26(14-11-17)21(23-2)24-12-9-20(28)25(3)16-18-7-5-4-6-8-18/h4-8,17H,9-16H2,1-3H3,(H,22,27)(H,23,24). The smallest absolute Gasteiger partial charge is 0.224 e. The van der Waals surface area contributed by atoms with E-state index >= 15 is 0 Å². The number of piperidine rings is 1. The summed E-state index contributed by atoms with van der Waals surface area (Å²) < 4.78 is 0. The summed E-state index contributed by atoms with van der Waals surface area (Å²) in [5.74, 6) is 1.48. The zero-order valence-corrected chi connectivity index (χ0v) is 17.3. The molecule has 0 bridgehead atoms. The van der Waals surface area contributed by atoms with Crippen molar-refractivity contribution in [2.75, 3.05) is 40.8 Å². The van der Waals surface area contributed by atoms with E-state index in [9.17, 15) is 9.59 Å². The van der Waals surface area contributed by atoms with Crippen molar-refractivity contribution in [1.82, 2.24) is 20.4 Å². The third-order valence-electron chi connectivity index (χ3n) is 5.19. The summed E-state index contributed by atoms with van der Waals surface area (Å²) in [4.78, 5) is 32.2.